The molecule has 3 fully saturated rings. The highest BCUT2D eigenvalue weighted by molar-refractivity contribution is 5.87. The van der Waals surface area contributed by atoms with Gasteiger partial charge in [0.15, 0.2) is 0 Å². The molecule has 11 heteroatoms. The second-order valence-corrected chi connectivity index (χ2v) is 11.8. The number of aliphatic hydroxyl groups is 1. The number of hydrogen-bond acceptors (Lipinski definition) is 8. The van der Waals surface area contributed by atoms with Crippen molar-refractivity contribution in [3.8, 4) is 0 Å². The SMILES string of the molecule is CCCNC(=O)NC[C@@H]1C[C@@]2(CO2)[C@H](O)[C@@H](/C=C/C(C)=C/C[C@@H]2O[C@H](C)[C@H](NC(=O)/C=C\[C@H](C)OC(C)=O)C[C@@H]2C)O1. The second kappa shape index (κ2) is 15.7. The van der Waals surface area contributed by atoms with Crippen molar-refractivity contribution in [1.82, 2.24) is 16.0 Å². The van der Waals surface area contributed by atoms with E-state index in [1.54, 1.807) is 13.0 Å². The van der Waals surface area contributed by atoms with Crippen molar-refractivity contribution in [2.45, 2.75) is 115 Å². The lowest BCUT2D eigenvalue weighted by atomic mass is 9.87. The number of carbonyl (C=O) groups is 3. The summed E-state index contributed by atoms with van der Waals surface area (Å²) in [5.41, 5.74) is 0.405. The van der Waals surface area contributed by atoms with Gasteiger partial charge in [0.1, 0.15) is 23.9 Å². The summed E-state index contributed by atoms with van der Waals surface area (Å²) in [5, 5.41) is 19.5. The Hall–Kier alpha value is -2.73. The van der Waals surface area contributed by atoms with Crippen LogP contribution in [0.15, 0.2) is 36.0 Å². The van der Waals surface area contributed by atoms with Gasteiger partial charge in [-0.25, -0.2) is 4.79 Å². The Morgan fingerprint density at radius 2 is 1.88 bits per heavy atom. The number of amides is 3. The van der Waals surface area contributed by atoms with Crippen LogP contribution >= 0.6 is 0 Å². The lowest BCUT2D eigenvalue weighted by Gasteiger charge is -2.39. The van der Waals surface area contributed by atoms with E-state index in [4.69, 9.17) is 18.9 Å². The van der Waals surface area contributed by atoms with Gasteiger partial charge in [0.05, 0.1) is 31.0 Å². The maximum absolute atomic E-state index is 12.4. The molecule has 3 saturated heterocycles. The Morgan fingerprint density at radius 3 is 2.55 bits per heavy atom. The standard InChI is InChI=1S/C31H49N3O8/c1-7-14-32-30(38)33-17-24-16-31(18-39-31)29(37)27(42-24)12-9-19(2)8-11-26-20(3)15-25(22(5)41-26)34-28(36)13-10-21(4)40-23(6)35/h8-10,12-13,20-22,24-27,29,37H,7,11,14-18H2,1-6H3,(H,34,36)(H2,32,33,38)/b12-9+,13-10-,19-8+/t20-,21-,22+,24-,25+,26-,27+,29+,31+/m0/s1. The first-order valence-corrected chi connectivity index (χ1v) is 15.1. The molecule has 42 heavy (non-hydrogen) atoms. The fraction of sp³-hybridized carbons (Fsp3) is 0.710. The number of aliphatic hydroxyl groups excluding tert-OH is 1. The van der Waals surface area contributed by atoms with Crippen LogP contribution in [0.5, 0.6) is 0 Å². The molecule has 0 saturated carbocycles. The molecule has 0 bridgehead atoms. The van der Waals surface area contributed by atoms with Gasteiger partial charge in [-0.05, 0) is 52.0 Å². The van der Waals surface area contributed by atoms with E-state index in [1.165, 1.54) is 13.0 Å². The summed E-state index contributed by atoms with van der Waals surface area (Å²) in [4.78, 5) is 35.4. The molecule has 0 unspecified atom stereocenters. The van der Waals surface area contributed by atoms with Gasteiger partial charge in [-0.15, -0.1) is 0 Å². The number of urea groups is 1. The van der Waals surface area contributed by atoms with Crippen molar-refractivity contribution < 1.29 is 38.4 Å². The number of carbonyl (C=O) groups excluding carboxylic acids is 3. The highest BCUT2D eigenvalue weighted by atomic mass is 16.6. The molecule has 3 aliphatic heterocycles. The van der Waals surface area contributed by atoms with Gasteiger partial charge in [-0.3, -0.25) is 9.59 Å². The van der Waals surface area contributed by atoms with Crippen LogP contribution in [0.1, 0.15) is 67.2 Å². The number of allylic oxidation sites excluding steroid dienone is 2. The van der Waals surface area contributed by atoms with Gasteiger partial charge in [-0.2, -0.15) is 0 Å². The Kier molecular flexibility index (Phi) is 12.6. The van der Waals surface area contributed by atoms with Crippen LogP contribution in [0, 0.1) is 5.92 Å². The third-order valence-corrected chi connectivity index (χ3v) is 7.95. The molecule has 236 valence electrons. The molecule has 0 radical (unpaired) electrons. The average Bonchev–Trinajstić information content (AvgIpc) is 3.71. The summed E-state index contributed by atoms with van der Waals surface area (Å²) in [6.45, 7) is 12.5. The zero-order valence-corrected chi connectivity index (χ0v) is 25.8. The minimum absolute atomic E-state index is 0.00463. The zero-order valence-electron chi connectivity index (χ0n) is 25.8. The van der Waals surface area contributed by atoms with E-state index in [1.807, 2.05) is 32.9 Å². The fourth-order valence-electron chi connectivity index (χ4n) is 5.39. The second-order valence-electron chi connectivity index (χ2n) is 11.8. The monoisotopic (exact) mass is 591 g/mol. The number of nitrogens with one attached hydrogen (secondary N) is 3. The molecule has 11 nitrogen and oxygen atoms in total. The number of ether oxygens (including phenoxy) is 4. The zero-order chi connectivity index (χ0) is 30.9. The summed E-state index contributed by atoms with van der Waals surface area (Å²) in [6, 6.07) is -0.349. The third kappa shape index (κ3) is 10.2. The van der Waals surface area contributed by atoms with Gasteiger partial charge in [-0.1, -0.05) is 37.6 Å². The Labute approximate surface area is 249 Å². The summed E-state index contributed by atoms with van der Waals surface area (Å²) in [5.74, 6) is -0.417. The van der Waals surface area contributed by atoms with Crippen molar-refractivity contribution in [2.24, 2.45) is 5.92 Å². The van der Waals surface area contributed by atoms with Crippen molar-refractivity contribution in [3.63, 3.8) is 0 Å². The molecule has 3 amide bonds. The normalized spacial score (nSPS) is 33.9. The first kappa shape index (κ1) is 33.8. The summed E-state index contributed by atoms with van der Waals surface area (Å²) in [7, 11) is 0. The van der Waals surface area contributed by atoms with Crippen molar-refractivity contribution in [2.75, 3.05) is 19.7 Å². The molecule has 0 aromatic rings. The predicted molar refractivity (Wildman–Crippen MR) is 158 cm³/mol. The minimum Gasteiger partial charge on any atom is -0.459 e. The number of hydrogen-bond donors (Lipinski definition) is 4. The lowest BCUT2D eigenvalue weighted by molar-refractivity contribution is -0.143. The number of esters is 1. The molecular weight excluding hydrogens is 542 g/mol. The number of rotatable bonds is 12. The molecule has 9 atom stereocenters. The first-order valence-electron chi connectivity index (χ1n) is 15.1. The van der Waals surface area contributed by atoms with E-state index >= 15 is 0 Å². The molecule has 1 spiro atoms. The Bertz CT molecular complexity index is 1020. The van der Waals surface area contributed by atoms with Crippen LogP contribution in [0.25, 0.3) is 0 Å². The summed E-state index contributed by atoms with van der Waals surface area (Å²) in [6.07, 6.45) is 9.52. The molecular formula is C31H49N3O8. The van der Waals surface area contributed by atoms with Gasteiger partial charge in [0, 0.05) is 32.5 Å². The van der Waals surface area contributed by atoms with Gasteiger partial charge in [0.2, 0.25) is 5.91 Å². The van der Waals surface area contributed by atoms with Crippen LogP contribution in [-0.4, -0.2) is 91.0 Å². The molecule has 3 rings (SSSR count). The topological polar surface area (TPSA) is 148 Å². The highest BCUT2D eigenvalue weighted by Gasteiger charge is 2.58. The molecule has 0 aliphatic carbocycles. The molecule has 0 aromatic carbocycles. The van der Waals surface area contributed by atoms with Crippen LogP contribution < -0.4 is 16.0 Å². The highest BCUT2D eigenvalue weighted by Crippen LogP contribution is 2.42. The Balaban J connectivity index is 1.48. The summed E-state index contributed by atoms with van der Waals surface area (Å²) >= 11 is 0. The van der Waals surface area contributed by atoms with Crippen LogP contribution in [-0.2, 0) is 28.5 Å². The van der Waals surface area contributed by atoms with E-state index in [0.29, 0.717) is 32.5 Å². The molecule has 0 aromatic heterocycles. The lowest BCUT2D eigenvalue weighted by Crippen LogP contribution is -2.53. The third-order valence-electron chi connectivity index (χ3n) is 7.95. The van der Waals surface area contributed by atoms with Gasteiger partial charge >= 0.3 is 12.0 Å². The predicted octanol–water partition coefficient (Wildman–Crippen LogP) is 2.68. The van der Waals surface area contributed by atoms with Crippen LogP contribution in [0.3, 0.4) is 0 Å². The van der Waals surface area contributed by atoms with Crippen molar-refractivity contribution >= 4 is 17.9 Å². The Morgan fingerprint density at radius 1 is 1.14 bits per heavy atom. The minimum atomic E-state index is -0.777. The maximum atomic E-state index is 12.4. The van der Waals surface area contributed by atoms with E-state index in [9.17, 15) is 19.5 Å². The van der Waals surface area contributed by atoms with Crippen molar-refractivity contribution in [3.05, 3.63) is 36.0 Å². The van der Waals surface area contributed by atoms with Crippen LogP contribution in [0.2, 0.25) is 0 Å². The number of epoxide rings is 1. The molecule has 3 heterocycles. The smallest absolute Gasteiger partial charge is 0.314 e. The van der Waals surface area contributed by atoms with E-state index < -0.39 is 29.9 Å². The average molecular weight is 592 g/mol. The van der Waals surface area contributed by atoms with E-state index in [-0.39, 0.29) is 42.2 Å². The fourth-order valence-corrected chi connectivity index (χ4v) is 5.39. The molecule has 3 aliphatic rings. The first-order chi connectivity index (χ1) is 19.9. The summed E-state index contributed by atoms with van der Waals surface area (Å²) < 4.78 is 23.0. The maximum Gasteiger partial charge on any atom is 0.314 e. The van der Waals surface area contributed by atoms with Gasteiger partial charge < -0.3 is 40.0 Å². The van der Waals surface area contributed by atoms with E-state index in [0.717, 1.165) is 18.4 Å². The van der Waals surface area contributed by atoms with E-state index in [2.05, 4.69) is 29.0 Å². The van der Waals surface area contributed by atoms with Crippen molar-refractivity contribution in [1.29, 1.82) is 0 Å². The quantitative estimate of drug-likeness (QED) is 0.117. The molecule has 4 N–H and O–H groups in total. The van der Waals surface area contributed by atoms with Gasteiger partial charge in [0.25, 0.3) is 0 Å². The largest absolute Gasteiger partial charge is 0.459 e. The van der Waals surface area contributed by atoms with Crippen LogP contribution in [0.4, 0.5) is 4.79 Å².